The maximum atomic E-state index is 13.4. The van der Waals surface area contributed by atoms with E-state index in [9.17, 15) is 8.78 Å². The molecule has 0 N–H and O–H groups in total. The van der Waals surface area contributed by atoms with Crippen LogP contribution >= 0.6 is 11.8 Å². The summed E-state index contributed by atoms with van der Waals surface area (Å²) in [6.07, 6.45) is 0. The molecule has 0 radical (unpaired) electrons. The molecule has 0 spiro atoms. The van der Waals surface area contributed by atoms with Crippen LogP contribution in [0.1, 0.15) is 17.9 Å². The van der Waals surface area contributed by atoms with Gasteiger partial charge in [0.1, 0.15) is 5.82 Å². The van der Waals surface area contributed by atoms with Crippen molar-refractivity contribution in [3.63, 3.8) is 0 Å². The zero-order valence-electron chi connectivity index (χ0n) is 13.8. The number of rotatable bonds is 5. The second-order valence-electron chi connectivity index (χ2n) is 5.64. The first-order valence-corrected chi connectivity index (χ1v) is 8.88. The molecule has 0 atom stereocenters. The Labute approximate surface area is 152 Å². The van der Waals surface area contributed by atoms with E-state index < -0.39 is 6.55 Å². The zero-order valence-corrected chi connectivity index (χ0v) is 14.6. The molecule has 132 valence electrons. The number of para-hydroxylation sites is 2. The summed E-state index contributed by atoms with van der Waals surface area (Å²) in [4.78, 5) is 4.30. The molecule has 8 heteroatoms. The van der Waals surface area contributed by atoms with Gasteiger partial charge in [-0.05, 0) is 30.7 Å². The number of hydrogen-bond donors (Lipinski definition) is 0. The highest BCUT2D eigenvalue weighted by atomic mass is 32.2. The van der Waals surface area contributed by atoms with Crippen LogP contribution in [0.25, 0.3) is 22.5 Å². The first kappa shape index (κ1) is 16.7. The number of nitrogens with zero attached hydrogens (tertiary/aromatic N) is 4. The molecule has 0 fully saturated rings. The average molecular weight is 372 g/mol. The van der Waals surface area contributed by atoms with Gasteiger partial charge in [0.2, 0.25) is 5.89 Å². The van der Waals surface area contributed by atoms with Gasteiger partial charge in [-0.2, -0.15) is 8.78 Å². The van der Waals surface area contributed by atoms with Crippen molar-refractivity contribution in [2.75, 3.05) is 0 Å². The van der Waals surface area contributed by atoms with Crippen molar-refractivity contribution < 1.29 is 13.2 Å². The highest BCUT2D eigenvalue weighted by Gasteiger charge is 2.19. The molecule has 2 aromatic carbocycles. The second-order valence-corrected chi connectivity index (χ2v) is 6.57. The highest BCUT2D eigenvalue weighted by Crippen LogP contribution is 2.30. The van der Waals surface area contributed by atoms with Crippen molar-refractivity contribution in [1.82, 2.24) is 19.7 Å². The fraction of sp³-hybridized carbons (Fsp3) is 0.167. The number of aryl methyl sites for hydroxylation is 1. The van der Waals surface area contributed by atoms with E-state index in [0.717, 1.165) is 15.7 Å². The van der Waals surface area contributed by atoms with Crippen LogP contribution in [0.5, 0.6) is 0 Å². The molecule has 0 saturated heterocycles. The summed E-state index contributed by atoms with van der Waals surface area (Å²) in [6, 6.07) is 14.5. The highest BCUT2D eigenvalue weighted by molar-refractivity contribution is 7.98. The molecule has 0 aliphatic carbocycles. The summed E-state index contributed by atoms with van der Waals surface area (Å²) in [5.41, 5.74) is 2.82. The molecule has 4 aromatic rings. The molecule has 0 aliphatic rings. The summed E-state index contributed by atoms with van der Waals surface area (Å²) < 4.78 is 33.5. The number of benzene rings is 2. The lowest BCUT2D eigenvalue weighted by Crippen LogP contribution is -2.03. The van der Waals surface area contributed by atoms with Crippen LogP contribution in [0.3, 0.4) is 0 Å². The first-order chi connectivity index (χ1) is 12.6. The van der Waals surface area contributed by atoms with E-state index in [2.05, 4.69) is 15.2 Å². The van der Waals surface area contributed by atoms with Crippen molar-refractivity contribution >= 4 is 22.8 Å². The molecule has 2 heterocycles. The van der Waals surface area contributed by atoms with Crippen molar-refractivity contribution in [2.24, 2.45) is 0 Å². The Bertz CT molecular complexity index is 1060. The Morgan fingerprint density at radius 2 is 1.85 bits per heavy atom. The number of hydrogen-bond acceptors (Lipinski definition) is 5. The van der Waals surface area contributed by atoms with Crippen LogP contribution in [0.2, 0.25) is 0 Å². The van der Waals surface area contributed by atoms with Crippen LogP contribution < -0.4 is 0 Å². The number of alkyl halides is 2. The van der Waals surface area contributed by atoms with Gasteiger partial charge < -0.3 is 4.42 Å². The zero-order chi connectivity index (χ0) is 18.1. The Morgan fingerprint density at radius 1 is 1.08 bits per heavy atom. The number of aromatic nitrogens is 4. The summed E-state index contributed by atoms with van der Waals surface area (Å²) in [5, 5.41) is 8.36. The van der Waals surface area contributed by atoms with Gasteiger partial charge in [0.05, 0.1) is 16.8 Å². The van der Waals surface area contributed by atoms with E-state index in [-0.39, 0.29) is 11.6 Å². The average Bonchev–Trinajstić information content (AvgIpc) is 3.24. The van der Waals surface area contributed by atoms with Gasteiger partial charge in [0, 0.05) is 5.56 Å². The maximum Gasteiger partial charge on any atom is 0.320 e. The van der Waals surface area contributed by atoms with E-state index in [1.807, 2.05) is 31.2 Å². The molecule has 4 rings (SSSR count). The summed E-state index contributed by atoms with van der Waals surface area (Å²) in [5.74, 6) is 0.879. The minimum Gasteiger partial charge on any atom is -0.411 e. The van der Waals surface area contributed by atoms with E-state index in [1.54, 1.807) is 24.3 Å². The minimum absolute atomic E-state index is 0.203. The van der Waals surface area contributed by atoms with Crippen LogP contribution in [0, 0.1) is 6.92 Å². The van der Waals surface area contributed by atoms with Crippen molar-refractivity contribution in [3.8, 4) is 11.5 Å². The normalized spacial score (nSPS) is 11.5. The smallest absolute Gasteiger partial charge is 0.320 e. The van der Waals surface area contributed by atoms with Gasteiger partial charge >= 0.3 is 6.55 Å². The van der Waals surface area contributed by atoms with Crippen molar-refractivity contribution in [1.29, 1.82) is 0 Å². The Hall–Kier alpha value is -2.74. The number of fused-ring (bicyclic) bond motifs is 1. The quantitative estimate of drug-likeness (QED) is 0.457. The lowest BCUT2D eigenvalue weighted by Gasteiger charge is -2.06. The topological polar surface area (TPSA) is 56.7 Å². The molecular weight excluding hydrogens is 358 g/mol. The fourth-order valence-electron chi connectivity index (χ4n) is 2.73. The van der Waals surface area contributed by atoms with E-state index in [0.29, 0.717) is 22.1 Å². The SMILES string of the molecule is Cc1ccccc1-c1nnc(SCc2nc3ccccc3n2C(F)F)o1. The van der Waals surface area contributed by atoms with E-state index in [4.69, 9.17) is 4.42 Å². The first-order valence-electron chi connectivity index (χ1n) is 7.90. The molecule has 0 saturated carbocycles. The third kappa shape index (κ3) is 3.08. The van der Waals surface area contributed by atoms with Gasteiger partial charge in [-0.3, -0.25) is 4.57 Å². The van der Waals surface area contributed by atoms with Gasteiger partial charge in [-0.25, -0.2) is 4.98 Å². The Balaban J connectivity index is 1.58. The van der Waals surface area contributed by atoms with E-state index in [1.165, 1.54) is 11.8 Å². The van der Waals surface area contributed by atoms with E-state index >= 15 is 0 Å². The minimum atomic E-state index is -2.66. The predicted octanol–water partition coefficient (Wildman–Crippen LogP) is 5.08. The molecule has 26 heavy (non-hydrogen) atoms. The molecule has 0 amide bonds. The second kappa shape index (κ2) is 6.87. The Morgan fingerprint density at radius 3 is 2.65 bits per heavy atom. The van der Waals surface area contributed by atoms with Crippen LogP contribution in [0.15, 0.2) is 58.2 Å². The lowest BCUT2D eigenvalue weighted by molar-refractivity contribution is 0.0722. The summed E-state index contributed by atoms with van der Waals surface area (Å²) >= 11 is 1.18. The Kier molecular flexibility index (Phi) is 4.42. The summed E-state index contributed by atoms with van der Waals surface area (Å²) in [7, 11) is 0. The molecule has 2 aromatic heterocycles. The summed E-state index contributed by atoms with van der Waals surface area (Å²) in [6.45, 7) is -0.708. The van der Waals surface area contributed by atoms with Gasteiger partial charge in [-0.1, -0.05) is 42.1 Å². The van der Waals surface area contributed by atoms with Gasteiger partial charge in [0.25, 0.3) is 5.22 Å². The number of thioether (sulfide) groups is 1. The maximum absolute atomic E-state index is 13.4. The van der Waals surface area contributed by atoms with Gasteiger partial charge in [-0.15, -0.1) is 10.2 Å². The third-order valence-electron chi connectivity index (χ3n) is 3.97. The standard InChI is InChI=1S/C18H14F2N4OS/c1-11-6-2-3-7-12(11)16-22-23-18(25-16)26-10-15-21-13-8-4-5-9-14(13)24(15)17(19)20/h2-9,17H,10H2,1H3. The molecule has 0 bridgehead atoms. The molecule has 0 unspecified atom stereocenters. The molecule has 5 nitrogen and oxygen atoms in total. The number of imidazole rings is 1. The molecule has 0 aliphatic heterocycles. The fourth-order valence-corrected chi connectivity index (χ4v) is 3.42. The van der Waals surface area contributed by atoms with Crippen LogP contribution in [-0.4, -0.2) is 19.7 Å². The number of halogens is 2. The third-order valence-corrected chi connectivity index (χ3v) is 4.79. The largest absolute Gasteiger partial charge is 0.411 e. The predicted molar refractivity (Wildman–Crippen MR) is 95.0 cm³/mol. The molecular formula is C18H14F2N4OS. The monoisotopic (exact) mass is 372 g/mol. The lowest BCUT2D eigenvalue weighted by atomic mass is 10.1. The van der Waals surface area contributed by atoms with Crippen molar-refractivity contribution in [2.45, 2.75) is 24.4 Å². The van der Waals surface area contributed by atoms with Gasteiger partial charge in [0.15, 0.2) is 0 Å². The van der Waals surface area contributed by atoms with Crippen LogP contribution in [-0.2, 0) is 5.75 Å². The van der Waals surface area contributed by atoms with Crippen LogP contribution in [0.4, 0.5) is 8.78 Å². The van der Waals surface area contributed by atoms with Crippen molar-refractivity contribution in [3.05, 3.63) is 59.9 Å².